The Morgan fingerprint density at radius 1 is 1.19 bits per heavy atom. The van der Waals surface area contributed by atoms with Crippen LogP contribution < -0.4 is 10.6 Å². The third kappa shape index (κ3) is 2.32. The van der Waals surface area contributed by atoms with Crippen LogP contribution >= 0.6 is 0 Å². The van der Waals surface area contributed by atoms with Crippen molar-refractivity contribution in [2.24, 2.45) is 11.8 Å². The molecule has 114 valence electrons. The van der Waals surface area contributed by atoms with Gasteiger partial charge < -0.3 is 10.6 Å². The zero-order valence-corrected chi connectivity index (χ0v) is 12.8. The molecule has 1 aromatic rings. The van der Waals surface area contributed by atoms with Gasteiger partial charge in [0.05, 0.1) is 0 Å². The van der Waals surface area contributed by atoms with Gasteiger partial charge >= 0.3 is 0 Å². The minimum Gasteiger partial charge on any atom is -0.354 e. The Kier molecular flexibility index (Phi) is 3.55. The second-order valence-electron chi connectivity index (χ2n) is 6.71. The first-order chi connectivity index (χ1) is 10.4. The van der Waals surface area contributed by atoms with E-state index in [-0.39, 0.29) is 0 Å². The van der Waals surface area contributed by atoms with Crippen molar-refractivity contribution in [1.82, 2.24) is 20.2 Å². The SMILES string of the molecule is CCCNc1ncc(CN2[C@@H]3CC[C@H]2[C@H]2CNC[C@H]23)cn1. The van der Waals surface area contributed by atoms with Crippen molar-refractivity contribution in [2.45, 2.75) is 44.8 Å². The first-order valence-electron chi connectivity index (χ1n) is 8.38. The van der Waals surface area contributed by atoms with Crippen molar-refractivity contribution in [3.8, 4) is 0 Å². The van der Waals surface area contributed by atoms with Gasteiger partial charge in [0, 0.05) is 43.1 Å². The number of nitrogens with one attached hydrogen (secondary N) is 2. The largest absolute Gasteiger partial charge is 0.354 e. The minimum atomic E-state index is 0.756. The van der Waals surface area contributed by atoms with Crippen LogP contribution in [0.2, 0.25) is 0 Å². The molecule has 2 bridgehead atoms. The van der Waals surface area contributed by atoms with E-state index in [1.807, 2.05) is 12.4 Å². The summed E-state index contributed by atoms with van der Waals surface area (Å²) in [6.45, 7) is 6.55. The van der Waals surface area contributed by atoms with Crippen LogP contribution in [0.4, 0.5) is 5.95 Å². The van der Waals surface area contributed by atoms with Gasteiger partial charge in [0.15, 0.2) is 0 Å². The molecule has 5 nitrogen and oxygen atoms in total. The van der Waals surface area contributed by atoms with Crippen LogP contribution in [0.25, 0.3) is 0 Å². The Morgan fingerprint density at radius 3 is 2.48 bits per heavy atom. The highest BCUT2D eigenvalue weighted by molar-refractivity contribution is 5.24. The van der Waals surface area contributed by atoms with Gasteiger partial charge in [-0.1, -0.05) is 6.92 Å². The summed E-state index contributed by atoms with van der Waals surface area (Å²) in [5.74, 6) is 2.52. The van der Waals surface area contributed by atoms with Crippen LogP contribution in [0.3, 0.4) is 0 Å². The van der Waals surface area contributed by atoms with Gasteiger partial charge in [0.25, 0.3) is 0 Å². The van der Waals surface area contributed by atoms with E-state index in [9.17, 15) is 0 Å². The summed E-state index contributed by atoms with van der Waals surface area (Å²) < 4.78 is 0. The van der Waals surface area contributed by atoms with Crippen LogP contribution in [-0.2, 0) is 6.54 Å². The fourth-order valence-electron chi connectivity index (χ4n) is 4.61. The molecule has 4 atom stereocenters. The topological polar surface area (TPSA) is 53.1 Å². The van der Waals surface area contributed by atoms with Crippen molar-refractivity contribution >= 4 is 5.95 Å². The molecule has 0 unspecified atom stereocenters. The number of anilines is 1. The van der Waals surface area contributed by atoms with Crippen molar-refractivity contribution in [3.05, 3.63) is 18.0 Å². The molecule has 0 aliphatic carbocycles. The highest BCUT2D eigenvalue weighted by Gasteiger charge is 2.54. The maximum Gasteiger partial charge on any atom is 0.222 e. The molecule has 0 spiro atoms. The molecule has 3 saturated heterocycles. The molecular formula is C16H25N5. The number of nitrogens with zero attached hydrogens (tertiary/aromatic N) is 3. The Morgan fingerprint density at radius 2 is 1.86 bits per heavy atom. The monoisotopic (exact) mass is 287 g/mol. The first kappa shape index (κ1) is 13.5. The number of fused-ring (bicyclic) bond motifs is 5. The maximum atomic E-state index is 4.44. The van der Waals surface area contributed by atoms with Crippen molar-refractivity contribution in [2.75, 3.05) is 25.0 Å². The number of hydrogen-bond acceptors (Lipinski definition) is 5. The second-order valence-corrected chi connectivity index (χ2v) is 6.71. The Labute approximate surface area is 126 Å². The van der Waals surface area contributed by atoms with E-state index < -0.39 is 0 Å². The van der Waals surface area contributed by atoms with Crippen molar-refractivity contribution < 1.29 is 0 Å². The highest BCUT2D eigenvalue weighted by Crippen LogP contribution is 2.47. The van der Waals surface area contributed by atoms with Crippen LogP contribution in [-0.4, -0.2) is 46.6 Å². The van der Waals surface area contributed by atoms with Gasteiger partial charge in [0.1, 0.15) is 0 Å². The van der Waals surface area contributed by atoms with Crippen LogP contribution in [0, 0.1) is 11.8 Å². The summed E-state index contributed by atoms with van der Waals surface area (Å²) >= 11 is 0. The van der Waals surface area contributed by atoms with Gasteiger partial charge in [-0.05, 0) is 44.2 Å². The molecular weight excluding hydrogens is 262 g/mol. The minimum absolute atomic E-state index is 0.756. The summed E-state index contributed by atoms with van der Waals surface area (Å²) in [6, 6.07) is 1.57. The van der Waals surface area contributed by atoms with E-state index in [0.717, 1.165) is 49.4 Å². The third-order valence-electron chi connectivity index (χ3n) is 5.51. The molecule has 4 heterocycles. The number of aromatic nitrogens is 2. The van der Waals surface area contributed by atoms with Crippen LogP contribution in [0.1, 0.15) is 31.7 Å². The van der Waals surface area contributed by atoms with E-state index in [2.05, 4.69) is 32.4 Å². The van der Waals surface area contributed by atoms with Crippen LogP contribution in [0.5, 0.6) is 0 Å². The lowest BCUT2D eigenvalue weighted by molar-refractivity contribution is 0.218. The van der Waals surface area contributed by atoms with Gasteiger partial charge in [-0.2, -0.15) is 0 Å². The molecule has 5 heteroatoms. The summed E-state index contributed by atoms with van der Waals surface area (Å²) in [4.78, 5) is 11.6. The van der Waals surface area contributed by atoms with Crippen LogP contribution in [0.15, 0.2) is 12.4 Å². The van der Waals surface area contributed by atoms with E-state index in [1.165, 1.54) is 31.5 Å². The summed E-state index contributed by atoms with van der Waals surface area (Å²) in [5, 5.41) is 6.81. The van der Waals surface area contributed by atoms with E-state index in [4.69, 9.17) is 0 Å². The average molecular weight is 287 g/mol. The van der Waals surface area contributed by atoms with E-state index in [1.54, 1.807) is 0 Å². The van der Waals surface area contributed by atoms with Gasteiger partial charge in [-0.3, -0.25) is 4.90 Å². The second kappa shape index (κ2) is 5.54. The standard InChI is InChI=1S/C16H25N5/c1-2-5-18-16-19-6-11(7-20-16)10-21-14-3-4-15(21)13-9-17-8-12(13)14/h6-7,12-15,17H,2-5,8-10H2,1H3,(H,18,19,20)/t12-,13+,14-,15+. The first-order valence-corrected chi connectivity index (χ1v) is 8.38. The molecule has 2 N–H and O–H groups in total. The molecule has 0 aromatic carbocycles. The van der Waals surface area contributed by atoms with Crippen molar-refractivity contribution in [3.63, 3.8) is 0 Å². The maximum absolute atomic E-state index is 4.44. The average Bonchev–Trinajstić information content (AvgIpc) is 3.19. The molecule has 3 aliphatic heterocycles. The zero-order valence-electron chi connectivity index (χ0n) is 12.8. The lowest BCUT2D eigenvalue weighted by Gasteiger charge is -2.24. The number of rotatable bonds is 5. The molecule has 3 fully saturated rings. The Bertz CT molecular complexity index is 470. The predicted octanol–water partition coefficient (Wildman–Crippen LogP) is 1.48. The quantitative estimate of drug-likeness (QED) is 0.859. The van der Waals surface area contributed by atoms with E-state index >= 15 is 0 Å². The third-order valence-corrected chi connectivity index (χ3v) is 5.51. The molecule has 21 heavy (non-hydrogen) atoms. The summed E-state index contributed by atoms with van der Waals surface area (Å²) in [7, 11) is 0. The molecule has 1 aromatic heterocycles. The van der Waals surface area contributed by atoms with Crippen molar-refractivity contribution in [1.29, 1.82) is 0 Å². The van der Waals surface area contributed by atoms with Gasteiger partial charge in [-0.25, -0.2) is 9.97 Å². The predicted molar refractivity (Wildman–Crippen MR) is 83.0 cm³/mol. The summed E-state index contributed by atoms with van der Waals surface area (Å²) in [6.07, 6.45) is 7.85. The smallest absolute Gasteiger partial charge is 0.222 e. The molecule has 0 saturated carbocycles. The number of hydrogen-bond donors (Lipinski definition) is 2. The lowest BCUT2D eigenvalue weighted by Crippen LogP contribution is -2.33. The highest BCUT2D eigenvalue weighted by atomic mass is 15.3. The molecule has 0 radical (unpaired) electrons. The van der Waals surface area contributed by atoms with Gasteiger partial charge in [-0.15, -0.1) is 0 Å². The fraction of sp³-hybridized carbons (Fsp3) is 0.750. The van der Waals surface area contributed by atoms with Gasteiger partial charge in [0.2, 0.25) is 5.95 Å². The normalized spacial score (nSPS) is 34.3. The zero-order chi connectivity index (χ0) is 14.2. The summed E-state index contributed by atoms with van der Waals surface area (Å²) in [5.41, 5.74) is 1.25. The Balaban J connectivity index is 1.42. The Hall–Kier alpha value is -1.20. The lowest BCUT2D eigenvalue weighted by atomic mass is 9.82. The molecule has 4 rings (SSSR count). The molecule has 3 aliphatic rings. The van der Waals surface area contributed by atoms with E-state index in [0.29, 0.717) is 0 Å². The fourth-order valence-corrected chi connectivity index (χ4v) is 4.61. The molecule has 0 amide bonds.